The van der Waals surface area contributed by atoms with Crippen molar-refractivity contribution in [2.45, 2.75) is 13.5 Å². The molecule has 0 aromatic carbocycles. The number of anilines is 1. The molecule has 0 aliphatic carbocycles. The van der Waals surface area contributed by atoms with Gasteiger partial charge in [0, 0.05) is 23.3 Å². The summed E-state index contributed by atoms with van der Waals surface area (Å²) in [6, 6.07) is 5.41. The maximum Gasteiger partial charge on any atom is 0.250 e. The van der Waals surface area contributed by atoms with E-state index in [4.69, 9.17) is 9.47 Å². The minimum absolute atomic E-state index is 0.0611. The second kappa shape index (κ2) is 7.05. The second-order valence-corrected chi connectivity index (χ2v) is 5.19. The van der Waals surface area contributed by atoms with Crippen molar-refractivity contribution < 1.29 is 14.3 Å². The van der Waals surface area contributed by atoms with Gasteiger partial charge in [-0.05, 0) is 24.6 Å². The smallest absolute Gasteiger partial charge is 0.250 e. The molecule has 3 aromatic rings. The van der Waals surface area contributed by atoms with Crippen LogP contribution in [0.25, 0.3) is 11.0 Å². The number of fused-ring (bicyclic) bond motifs is 1. The van der Waals surface area contributed by atoms with Crippen molar-refractivity contribution in [3.05, 3.63) is 41.9 Å². The maximum atomic E-state index is 11.9. The van der Waals surface area contributed by atoms with Gasteiger partial charge in [0.25, 0.3) is 0 Å². The number of rotatable bonds is 6. The van der Waals surface area contributed by atoms with Gasteiger partial charge in [-0.2, -0.15) is 5.10 Å². The molecular formula is C16H17N5O3. The molecule has 1 amide bonds. The van der Waals surface area contributed by atoms with Gasteiger partial charge in [0.1, 0.15) is 6.61 Å². The summed E-state index contributed by atoms with van der Waals surface area (Å²) in [5.74, 6) is 0.285. The fourth-order valence-electron chi connectivity index (χ4n) is 2.16. The Morgan fingerprint density at radius 3 is 2.92 bits per heavy atom. The van der Waals surface area contributed by atoms with Crippen molar-refractivity contribution in [1.29, 1.82) is 0 Å². The quantitative estimate of drug-likeness (QED) is 0.716. The molecule has 0 bridgehead atoms. The molecule has 0 saturated heterocycles. The molecule has 0 aliphatic heterocycles. The zero-order valence-electron chi connectivity index (χ0n) is 13.4. The molecule has 0 saturated carbocycles. The van der Waals surface area contributed by atoms with E-state index < -0.39 is 0 Å². The third kappa shape index (κ3) is 3.66. The Kier molecular flexibility index (Phi) is 4.66. The van der Waals surface area contributed by atoms with E-state index in [2.05, 4.69) is 25.5 Å². The van der Waals surface area contributed by atoms with E-state index in [1.54, 1.807) is 25.6 Å². The number of methoxy groups -OCH3 is 1. The van der Waals surface area contributed by atoms with Crippen molar-refractivity contribution in [1.82, 2.24) is 20.2 Å². The summed E-state index contributed by atoms with van der Waals surface area (Å²) in [7, 11) is 1.56. The molecule has 24 heavy (non-hydrogen) atoms. The van der Waals surface area contributed by atoms with E-state index in [0.717, 1.165) is 16.6 Å². The zero-order chi connectivity index (χ0) is 16.9. The fourth-order valence-corrected chi connectivity index (χ4v) is 2.16. The Labute approximate surface area is 138 Å². The summed E-state index contributed by atoms with van der Waals surface area (Å²) in [5, 5.41) is 10.5. The van der Waals surface area contributed by atoms with Crippen molar-refractivity contribution in [3.63, 3.8) is 0 Å². The van der Waals surface area contributed by atoms with Crippen LogP contribution >= 0.6 is 0 Å². The highest BCUT2D eigenvalue weighted by Gasteiger charge is 2.07. The lowest BCUT2D eigenvalue weighted by molar-refractivity contribution is -0.121. The molecule has 0 aliphatic rings. The number of hydrogen-bond donors (Lipinski definition) is 2. The van der Waals surface area contributed by atoms with Crippen LogP contribution in [0.3, 0.4) is 0 Å². The number of pyridine rings is 2. The van der Waals surface area contributed by atoms with Gasteiger partial charge >= 0.3 is 0 Å². The molecule has 3 aromatic heterocycles. The highest BCUT2D eigenvalue weighted by atomic mass is 16.5. The van der Waals surface area contributed by atoms with Crippen LogP contribution in [0.1, 0.15) is 11.3 Å². The van der Waals surface area contributed by atoms with Crippen molar-refractivity contribution in [2.24, 2.45) is 0 Å². The SMILES string of the molecule is COc1ccc(COCC(=O)Nc2cnc3n[nH]c(C)c3c2)cn1. The number of carbonyl (C=O) groups is 1. The van der Waals surface area contributed by atoms with Gasteiger partial charge in [0.05, 0.1) is 25.6 Å². The number of aromatic nitrogens is 4. The zero-order valence-corrected chi connectivity index (χ0v) is 13.4. The lowest BCUT2D eigenvalue weighted by Gasteiger charge is -2.06. The number of ether oxygens (including phenoxy) is 2. The van der Waals surface area contributed by atoms with Gasteiger partial charge in [-0.25, -0.2) is 9.97 Å². The number of aryl methyl sites for hydroxylation is 1. The molecule has 124 valence electrons. The first-order valence-electron chi connectivity index (χ1n) is 7.33. The third-order valence-electron chi connectivity index (χ3n) is 3.39. The lowest BCUT2D eigenvalue weighted by Crippen LogP contribution is -2.18. The summed E-state index contributed by atoms with van der Waals surface area (Å²) < 4.78 is 10.4. The average molecular weight is 327 g/mol. The molecule has 3 heterocycles. The van der Waals surface area contributed by atoms with Crippen molar-refractivity contribution >= 4 is 22.6 Å². The van der Waals surface area contributed by atoms with Gasteiger partial charge in [-0.15, -0.1) is 0 Å². The minimum atomic E-state index is -0.251. The number of amides is 1. The average Bonchev–Trinajstić information content (AvgIpc) is 2.96. The molecular weight excluding hydrogens is 310 g/mol. The van der Waals surface area contributed by atoms with Crippen molar-refractivity contribution in [3.8, 4) is 5.88 Å². The van der Waals surface area contributed by atoms with Crippen LogP contribution in [0.5, 0.6) is 5.88 Å². The summed E-state index contributed by atoms with van der Waals surface area (Å²) in [4.78, 5) is 20.2. The molecule has 8 nitrogen and oxygen atoms in total. The second-order valence-electron chi connectivity index (χ2n) is 5.19. The van der Waals surface area contributed by atoms with E-state index in [1.807, 2.05) is 19.1 Å². The Balaban J connectivity index is 1.51. The predicted octanol–water partition coefficient (Wildman–Crippen LogP) is 1.83. The first-order chi connectivity index (χ1) is 11.7. The van der Waals surface area contributed by atoms with Crippen LogP contribution in [-0.2, 0) is 16.1 Å². The van der Waals surface area contributed by atoms with E-state index in [9.17, 15) is 4.79 Å². The topological polar surface area (TPSA) is 102 Å². The summed E-state index contributed by atoms with van der Waals surface area (Å²) in [5.41, 5.74) is 2.98. The van der Waals surface area contributed by atoms with Gasteiger partial charge in [0.15, 0.2) is 5.65 Å². The Bertz CT molecular complexity index is 845. The van der Waals surface area contributed by atoms with Gasteiger partial charge in [-0.3, -0.25) is 9.89 Å². The summed E-state index contributed by atoms with van der Waals surface area (Å²) in [6.07, 6.45) is 3.21. The first kappa shape index (κ1) is 15.9. The molecule has 8 heteroatoms. The highest BCUT2D eigenvalue weighted by Crippen LogP contribution is 2.17. The minimum Gasteiger partial charge on any atom is -0.481 e. The monoisotopic (exact) mass is 327 g/mol. The highest BCUT2D eigenvalue weighted by molar-refractivity contribution is 5.93. The number of nitrogens with one attached hydrogen (secondary N) is 2. The van der Waals surface area contributed by atoms with Crippen LogP contribution in [0, 0.1) is 6.92 Å². The number of hydrogen-bond acceptors (Lipinski definition) is 6. The maximum absolute atomic E-state index is 11.9. The van der Waals surface area contributed by atoms with Crippen LogP contribution in [0.4, 0.5) is 5.69 Å². The van der Waals surface area contributed by atoms with E-state index in [-0.39, 0.29) is 12.5 Å². The number of aromatic amines is 1. The first-order valence-corrected chi connectivity index (χ1v) is 7.33. The summed E-state index contributed by atoms with van der Waals surface area (Å²) in [6.45, 7) is 2.13. The number of carbonyl (C=O) groups excluding carboxylic acids is 1. The molecule has 0 spiro atoms. The van der Waals surface area contributed by atoms with Crippen LogP contribution in [0.2, 0.25) is 0 Å². The van der Waals surface area contributed by atoms with Gasteiger partial charge in [-0.1, -0.05) is 0 Å². The van der Waals surface area contributed by atoms with Crippen LogP contribution in [-0.4, -0.2) is 39.8 Å². The number of H-pyrrole nitrogens is 1. The van der Waals surface area contributed by atoms with Crippen LogP contribution in [0.15, 0.2) is 30.6 Å². The van der Waals surface area contributed by atoms with Gasteiger partial charge in [0.2, 0.25) is 11.8 Å². The fraction of sp³-hybridized carbons (Fsp3) is 0.250. The largest absolute Gasteiger partial charge is 0.481 e. The van der Waals surface area contributed by atoms with Crippen molar-refractivity contribution in [2.75, 3.05) is 19.0 Å². The van der Waals surface area contributed by atoms with Gasteiger partial charge < -0.3 is 14.8 Å². The van der Waals surface area contributed by atoms with E-state index >= 15 is 0 Å². The predicted molar refractivity (Wildman–Crippen MR) is 87.7 cm³/mol. The molecule has 0 atom stereocenters. The van der Waals surface area contributed by atoms with Crippen LogP contribution < -0.4 is 10.1 Å². The molecule has 2 N–H and O–H groups in total. The van der Waals surface area contributed by atoms with E-state index in [1.165, 1.54) is 0 Å². The molecule has 0 radical (unpaired) electrons. The molecule has 0 fully saturated rings. The third-order valence-corrected chi connectivity index (χ3v) is 3.39. The normalized spacial score (nSPS) is 10.8. The Hall–Kier alpha value is -3.00. The Morgan fingerprint density at radius 2 is 2.17 bits per heavy atom. The summed E-state index contributed by atoms with van der Waals surface area (Å²) >= 11 is 0. The molecule has 3 rings (SSSR count). The lowest BCUT2D eigenvalue weighted by atomic mass is 10.2. The standard InChI is InChI=1S/C16H17N5O3/c1-10-13-5-12(7-18-16(13)21-20-10)19-14(22)9-24-8-11-3-4-15(23-2)17-6-11/h3-7H,8-9H2,1-2H3,(H,19,22)(H,18,20,21). The Morgan fingerprint density at radius 1 is 1.29 bits per heavy atom. The number of nitrogens with zero attached hydrogens (tertiary/aromatic N) is 3. The van der Waals surface area contributed by atoms with E-state index in [0.29, 0.717) is 23.8 Å². The molecule has 0 unspecified atom stereocenters.